The molecule has 0 saturated carbocycles. The van der Waals surface area contributed by atoms with Crippen molar-refractivity contribution in [3.05, 3.63) is 89.6 Å². The van der Waals surface area contributed by atoms with Crippen LogP contribution in [-0.4, -0.2) is 35.6 Å². The van der Waals surface area contributed by atoms with Gasteiger partial charge >= 0.3 is 5.97 Å². The minimum absolute atomic E-state index is 0.101. The molecule has 0 amide bonds. The zero-order valence-corrected chi connectivity index (χ0v) is 17.2. The van der Waals surface area contributed by atoms with Crippen LogP contribution in [0.25, 0.3) is 16.6 Å². The predicted octanol–water partition coefficient (Wildman–Crippen LogP) is 4.51. The standard InChI is InChI=1S/C25H21NO5/c1-30-17-11-12-20(23(14-17)31-2)25(29)19-8-4-6-10-22(19)26-15-16(13-24(27)28)18-7-3-5-9-21(18)26/h3-12,14-15H,13H2,1-2H3,(H,27,28). The van der Waals surface area contributed by atoms with E-state index in [0.29, 0.717) is 33.9 Å². The topological polar surface area (TPSA) is 77.8 Å². The summed E-state index contributed by atoms with van der Waals surface area (Å²) in [6, 6.07) is 19.9. The van der Waals surface area contributed by atoms with E-state index in [1.54, 1.807) is 43.6 Å². The Bertz CT molecular complexity index is 1290. The minimum Gasteiger partial charge on any atom is -0.497 e. The van der Waals surface area contributed by atoms with Crippen LogP contribution in [0.5, 0.6) is 11.5 Å². The SMILES string of the molecule is COc1ccc(C(=O)c2ccccc2-n2cc(CC(=O)O)c3ccccc32)c(OC)c1. The Morgan fingerprint density at radius 3 is 2.39 bits per heavy atom. The van der Waals surface area contributed by atoms with Gasteiger partial charge in [0.05, 0.1) is 37.4 Å². The molecule has 0 aliphatic heterocycles. The number of nitrogens with zero attached hydrogens (tertiary/aromatic N) is 1. The van der Waals surface area contributed by atoms with Crippen LogP contribution < -0.4 is 9.47 Å². The Morgan fingerprint density at radius 1 is 0.903 bits per heavy atom. The summed E-state index contributed by atoms with van der Waals surface area (Å²) in [6.07, 6.45) is 1.69. The Balaban J connectivity index is 1.88. The number of methoxy groups -OCH3 is 2. The molecule has 3 aromatic carbocycles. The summed E-state index contributed by atoms with van der Waals surface area (Å²) in [7, 11) is 3.06. The molecule has 0 radical (unpaired) electrons. The number of carbonyl (C=O) groups excluding carboxylic acids is 1. The molecule has 4 aromatic rings. The molecule has 0 unspecified atom stereocenters. The first-order chi connectivity index (χ1) is 15.0. The number of aliphatic carboxylic acids is 1. The maximum Gasteiger partial charge on any atom is 0.307 e. The summed E-state index contributed by atoms with van der Waals surface area (Å²) in [5.41, 5.74) is 3.08. The smallest absolute Gasteiger partial charge is 0.307 e. The maximum absolute atomic E-state index is 13.5. The third-order valence-corrected chi connectivity index (χ3v) is 5.20. The van der Waals surface area contributed by atoms with Gasteiger partial charge in [-0.05, 0) is 35.9 Å². The summed E-state index contributed by atoms with van der Waals surface area (Å²) in [6.45, 7) is 0. The zero-order valence-electron chi connectivity index (χ0n) is 17.2. The molecule has 1 aromatic heterocycles. The van der Waals surface area contributed by atoms with Gasteiger partial charge in [-0.1, -0.05) is 30.3 Å². The maximum atomic E-state index is 13.5. The Kier molecular flexibility index (Phi) is 5.45. The molecule has 0 fully saturated rings. The molecule has 0 aliphatic carbocycles. The van der Waals surface area contributed by atoms with Gasteiger partial charge in [0.15, 0.2) is 5.78 Å². The average molecular weight is 415 g/mol. The van der Waals surface area contributed by atoms with Crippen molar-refractivity contribution in [1.82, 2.24) is 4.57 Å². The fourth-order valence-corrected chi connectivity index (χ4v) is 3.76. The van der Waals surface area contributed by atoms with E-state index in [-0.39, 0.29) is 12.2 Å². The lowest BCUT2D eigenvalue weighted by atomic mass is 10.0. The molecule has 0 spiro atoms. The highest BCUT2D eigenvalue weighted by Crippen LogP contribution is 2.31. The fourth-order valence-electron chi connectivity index (χ4n) is 3.76. The number of ketones is 1. The van der Waals surface area contributed by atoms with E-state index >= 15 is 0 Å². The van der Waals surface area contributed by atoms with Crippen molar-refractivity contribution in [2.24, 2.45) is 0 Å². The van der Waals surface area contributed by atoms with Gasteiger partial charge in [-0.15, -0.1) is 0 Å². The van der Waals surface area contributed by atoms with Gasteiger partial charge in [0, 0.05) is 23.2 Å². The van der Waals surface area contributed by atoms with Crippen LogP contribution in [0.3, 0.4) is 0 Å². The molecule has 0 aliphatic rings. The largest absolute Gasteiger partial charge is 0.497 e. The van der Waals surface area contributed by atoms with Crippen LogP contribution >= 0.6 is 0 Å². The molecule has 0 bridgehead atoms. The van der Waals surface area contributed by atoms with Gasteiger partial charge < -0.3 is 19.1 Å². The highest BCUT2D eigenvalue weighted by molar-refractivity contribution is 6.13. The molecule has 4 rings (SSSR count). The third kappa shape index (κ3) is 3.75. The molecule has 6 heteroatoms. The van der Waals surface area contributed by atoms with Crippen LogP contribution in [0.15, 0.2) is 72.9 Å². The number of carboxylic acid groups (broad SMARTS) is 1. The number of rotatable bonds is 7. The lowest BCUT2D eigenvalue weighted by molar-refractivity contribution is -0.136. The highest BCUT2D eigenvalue weighted by Gasteiger charge is 2.21. The summed E-state index contributed by atoms with van der Waals surface area (Å²) < 4.78 is 12.5. The zero-order chi connectivity index (χ0) is 22.0. The van der Waals surface area contributed by atoms with Gasteiger partial charge in [0.25, 0.3) is 0 Å². The van der Waals surface area contributed by atoms with Crippen molar-refractivity contribution >= 4 is 22.7 Å². The van der Waals surface area contributed by atoms with Crippen LogP contribution in [0.4, 0.5) is 0 Å². The number of hydrogen-bond donors (Lipinski definition) is 1. The lowest BCUT2D eigenvalue weighted by Crippen LogP contribution is -2.09. The summed E-state index contributed by atoms with van der Waals surface area (Å²) >= 11 is 0. The van der Waals surface area contributed by atoms with E-state index in [2.05, 4.69) is 0 Å². The van der Waals surface area contributed by atoms with E-state index in [9.17, 15) is 14.7 Å². The van der Waals surface area contributed by atoms with Crippen LogP contribution in [0.1, 0.15) is 21.5 Å². The van der Waals surface area contributed by atoms with Gasteiger partial charge in [0.1, 0.15) is 11.5 Å². The monoisotopic (exact) mass is 415 g/mol. The van der Waals surface area contributed by atoms with Crippen LogP contribution in [0.2, 0.25) is 0 Å². The van der Waals surface area contributed by atoms with Gasteiger partial charge in [0.2, 0.25) is 0 Å². The van der Waals surface area contributed by atoms with Gasteiger partial charge in [-0.3, -0.25) is 9.59 Å². The van der Waals surface area contributed by atoms with Crippen molar-refractivity contribution in [3.63, 3.8) is 0 Å². The Hall–Kier alpha value is -4.06. The number of fused-ring (bicyclic) bond motifs is 1. The molecule has 156 valence electrons. The molecular weight excluding hydrogens is 394 g/mol. The normalized spacial score (nSPS) is 10.8. The summed E-state index contributed by atoms with van der Waals surface area (Å²) in [4.78, 5) is 24.9. The van der Waals surface area contributed by atoms with E-state index in [4.69, 9.17) is 9.47 Å². The number of carboxylic acids is 1. The van der Waals surface area contributed by atoms with Gasteiger partial charge in [-0.2, -0.15) is 0 Å². The average Bonchev–Trinajstić information content (AvgIpc) is 3.16. The van der Waals surface area contributed by atoms with Crippen molar-refractivity contribution in [2.45, 2.75) is 6.42 Å². The number of ether oxygens (including phenoxy) is 2. The molecule has 1 N–H and O–H groups in total. The predicted molar refractivity (Wildman–Crippen MR) is 118 cm³/mol. The first-order valence-electron chi connectivity index (χ1n) is 9.70. The first kappa shape index (κ1) is 20.2. The molecule has 0 atom stereocenters. The Morgan fingerprint density at radius 2 is 1.65 bits per heavy atom. The van der Waals surface area contributed by atoms with E-state index in [1.807, 2.05) is 41.0 Å². The molecule has 1 heterocycles. The van der Waals surface area contributed by atoms with Crippen LogP contribution in [-0.2, 0) is 11.2 Å². The third-order valence-electron chi connectivity index (χ3n) is 5.20. The minimum atomic E-state index is -0.907. The van der Waals surface area contributed by atoms with Crippen molar-refractivity contribution in [3.8, 4) is 17.2 Å². The lowest BCUT2D eigenvalue weighted by Gasteiger charge is -2.14. The molecule has 6 nitrogen and oxygen atoms in total. The van der Waals surface area contributed by atoms with Crippen molar-refractivity contribution < 1.29 is 24.2 Å². The van der Waals surface area contributed by atoms with Gasteiger partial charge in [-0.25, -0.2) is 0 Å². The second-order valence-corrected chi connectivity index (χ2v) is 7.02. The number of carbonyl (C=O) groups is 2. The number of para-hydroxylation sites is 2. The van der Waals surface area contributed by atoms with Crippen molar-refractivity contribution in [2.75, 3.05) is 14.2 Å². The van der Waals surface area contributed by atoms with E-state index < -0.39 is 5.97 Å². The summed E-state index contributed by atoms with van der Waals surface area (Å²) in [5.74, 6) is -0.0950. The van der Waals surface area contributed by atoms with Crippen LogP contribution in [0, 0.1) is 0 Å². The highest BCUT2D eigenvalue weighted by atomic mass is 16.5. The quantitative estimate of drug-likeness (QED) is 0.450. The fraction of sp³-hybridized carbons (Fsp3) is 0.120. The summed E-state index contributed by atoms with van der Waals surface area (Å²) in [5, 5.41) is 10.2. The molecule has 0 saturated heterocycles. The van der Waals surface area contributed by atoms with E-state index in [1.165, 1.54) is 7.11 Å². The number of benzene rings is 3. The number of aromatic nitrogens is 1. The Labute approximate surface area is 179 Å². The molecular formula is C25H21NO5. The first-order valence-corrected chi connectivity index (χ1v) is 9.70. The van der Waals surface area contributed by atoms with Crippen molar-refractivity contribution in [1.29, 1.82) is 0 Å². The second-order valence-electron chi connectivity index (χ2n) is 7.02. The van der Waals surface area contributed by atoms with E-state index in [0.717, 1.165) is 10.9 Å². The number of hydrogen-bond acceptors (Lipinski definition) is 4. The molecule has 31 heavy (non-hydrogen) atoms. The second kappa shape index (κ2) is 8.36.